The van der Waals surface area contributed by atoms with Gasteiger partial charge in [0.1, 0.15) is 12.4 Å². The van der Waals surface area contributed by atoms with Gasteiger partial charge in [-0.25, -0.2) is 9.97 Å². The normalized spacial score (nSPS) is 10.6. The highest BCUT2D eigenvalue weighted by Gasteiger charge is 2.25. The minimum absolute atomic E-state index is 0.485. The maximum atomic E-state index is 10.0. The molecule has 1 N–H and O–H groups in total. The molecule has 3 heterocycles. The molecule has 0 bridgehead atoms. The van der Waals surface area contributed by atoms with E-state index < -0.39 is 0 Å². The summed E-state index contributed by atoms with van der Waals surface area (Å²) in [7, 11) is 1.56. The average Bonchev–Trinajstić information content (AvgIpc) is 3.35. The number of ether oxygens (including phenoxy) is 1. The van der Waals surface area contributed by atoms with Gasteiger partial charge >= 0.3 is 0 Å². The number of hydrogen-bond donors (Lipinski definition) is 1. The summed E-state index contributed by atoms with van der Waals surface area (Å²) in [6.45, 7) is 0. The highest BCUT2D eigenvalue weighted by Crippen LogP contribution is 2.47. The molecule has 1 aromatic carbocycles. The summed E-state index contributed by atoms with van der Waals surface area (Å²) in [5.74, 6) is 1.09. The van der Waals surface area contributed by atoms with Gasteiger partial charge in [0.25, 0.3) is 0 Å². The number of nitrogens with one attached hydrogen (secondary N) is 1. The number of nitriles is 1. The summed E-state index contributed by atoms with van der Waals surface area (Å²) >= 11 is 9.83. The van der Waals surface area contributed by atoms with E-state index in [2.05, 4.69) is 48.8 Å². The van der Waals surface area contributed by atoms with E-state index in [1.807, 2.05) is 30.3 Å². The Kier molecular flexibility index (Phi) is 5.30. The lowest BCUT2D eigenvalue weighted by molar-refractivity contribution is 0.398. The largest absolute Gasteiger partial charge is 0.481 e. The Labute approximate surface area is 183 Å². The van der Waals surface area contributed by atoms with Crippen LogP contribution in [-0.4, -0.2) is 27.3 Å². The molecule has 138 valence electrons. The van der Waals surface area contributed by atoms with E-state index in [0.717, 1.165) is 30.0 Å². The number of H-pyrrole nitrogens is 1. The van der Waals surface area contributed by atoms with Crippen LogP contribution in [0.15, 0.2) is 42.9 Å². The molecule has 4 rings (SSSR count). The van der Waals surface area contributed by atoms with Crippen molar-refractivity contribution >= 4 is 45.5 Å². The third kappa shape index (κ3) is 3.37. The number of benzene rings is 1. The molecule has 28 heavy (non-hydrogen) atoms. The van der Waals surface area contributed by atoms with E-state index in [1.54, 1.807) is 13.3 Å². The third-order valence-electron chi connectivity index (χ3n) is 4.06. The Hall–Kier alpha value is -2.48. The van der Waals surface area contributed by atoms with Crippen molar-refractivity contribution in [1.82, 2.24) is 20.2 Å². The average molecular weight is 520 g/mol. The zero-order valence-corrected chi connectivity index (χ0v) is 18.1. The van der Waals surface area contributed by atoms with Crippen molar-refractivity contribution in [3.05, 3.63) is 57.0 Å². The van der Waals surface area contributed by atoms with E-state index in [-0.39, 0.29) is 0 Å². The highest BCUT2D eigenvalue weighted by atomic mass is 127. The Morgan fingerprint density at radius 3 is 2.75 bits per heavy atom. The molecule has 4 aromatic rings. The molecule has 0 amide bonds. The highest BCUT2D eigenvalue weighted by molar-refractivity contribution is 14.1. The van der Waals surface area contributed by atoms with E-state index >= 15 is 0 Å². The number of hydrogen-bond acceptors (Lipinski definition) is 6. The van der Waals surface area contributed by atoms with E-state index in [0.29, 0.717) is 22.3 Å². The second kappa shape index (κ2) is 7.87. The van der Waals surface area contributed by atoms with Gasteiger partial charge < -0.3 is 4.74 Å². The summed E-state index contributed by atoms with van der Waals surface area (Å²) in [5.41, 5.74) is 3.13. The Bertz CT molecular complexity index is 1200. The summed E-state index contributed by atoms with van der Waals surface area (Å²) in [6, 6.07) is 11.7. The van der Waals surface area contributed by atoms with Gasteiger partial charge in [0, 0.05) is 26.4 Å². The first kappa shape index (κ1) is 18.9. The van der Waals surface area contributed by atoms with Crippen molar-refractivity contribution in [3.63, 3.8) is 0 Å². The molecule has 0 aliphatic heterocycles. The summed E-state index contributed by atoms with van der Waals surface area (Å²) in [5, 5.41) is 17.6. The van der Waals surface area contributed by atoms with Crippen molar-refractivity contribution in [3.8, 4) is 44.2 Å². The van der Waals surface area contributed by atoms with Crippen molar-refractivity contribution < 1.29 is 4.74 Å². The van der Waals surface area contributed by atoms with Crippen LogP contribution in [0.2, 0.25) is 5.02 Å². The van der Waals surface area contributed by atoms with Crippen LogP contribution in [0.5, 0.6) is 5.88 Å². The van der Waals surface area contributed by atoms with Gasteiger partial charge in [0.15, 0.2) is 5.82 Å². The molecule has 0 aliphatic carbocycles. The maximum absolute atomic E-state index is 10.0. The van der Waals surface area contributed by atoms with Crippen LogP contribution in [0, 0.1) is 14.9 Å². The summed E-state index contributed by atoms with van der Waals surface area (Å²) in [4.78, 5) is 10.1. The van der Waals surface area contributed by atoms with Crippen LogP contribution in [0.3, 0.4) is 0 Å². The zero-order valence-electron chi connectivity index (χ0n) is 14.4. The number of nitrogens with zero attached hydrogens (tertiary/aromatic N) is 4. The fourth-order valence-electron chi connectivity index (χ4n) is 2.83. The van der Waals surface area contributed by atoms with Crippen LogP contribution in [0.4, 0.5) is 0 Å². The van der Waals surface area contributed by atoms with Crippen molar-refractivity contribution in [1.29, 1.82) is 5.26 Å². The van der Waals surface area contributed by atoms with E-state index in [4.69, 9.17) is 16.3 Å². The molecule has 9 heteroatoms. The first-order valence-corrected chi connectivity index (χ1v) is 10.3. The Morgan fingerprint density at radius 2 is 2.07 bits per heavy atom. The monoisotopic (exact) mass is 519 g/mol. The second-order valence-corrected chi connectivity index (χ2v) is 8.29. The van der Waals surface area contributed by atoms with E-state index in [1.165, 1.54) is 17.7 Å². The van der Waals surface area contributed by atoms with Crippen molar-refractivity contribution in [2.45, 2.75) is 0 Å². The number of aromatic nitrogens is 4. The van der Waals surface area contributed by atoms with Crippen LogP contribution < -0.4 is 4.74 Å². The van der Waals surface area contributed by atoms with Gasteiger partial charge in [-0.1, -0.05) is 17.7 Å². The molecule has 0 radical (unpaired) electrons. The quantitative estimate of drug-likeness (QED) is 0.365. The molecule has 6 nitrogen and oxygen atoms in total. The standard InChI is InChI=1S/C19H11ClIN5OS/c1-27-15-6-10(4-5-23-15)17-13(8-22)16(12-3-2-11(20)7-14(12)21)18(28-17)19-24-9-25-26-19/h2-7,9H,1H3,(H,24,25,26). The second-order valence-electron chi connectivity index (χ2n) is 5.67. The predicted octanol–water partition coefficient (Wildman–Crippen LogP) is 5.40. The molecule has 0 saturated heterocycles. The first-order chi connectivity index (χ1) is 13.6. The van der Waals surface area contributed by atoms with Crippen LogP contribution >= 0.6 is 45.5 Å². The number of aromatic amines is 1. The Morgan fingerprint density at radius 1 is 1.21 bits per heavy atom. The van der Waals surface area contributed by atoms with Gasteiger partial charge in [-0.2, -0.15) is 10.4 Å². The number of methoxy groups -OCH3 is 1. The van der Waals surface area contributed by atoms with Gasteiger partial charge in [-0.05, 0) is 51.9 Å². The topological polar surface area (TPSA) is 87.5 Å². The number of halogens is 2. The van der Waals surface area contributed by atoms with Gasteiger partial charge in [0.2, 0.25) is 5.88 Å². The molecule has 0 spiro atoms. The van der Waals surface area contributed by atoms with Crippen LogP contribution in [0.1, 0.15) is 5.56 Å². The number of rotatable bonds is 4. The zero-order chi connectivity index (χ0) is 19.7. The van der Waals surface area contributed by atoms with E-state index in [9.17, 15) is 5.26 Å². The third-order valence-corrected chi connectivity index (χ3v) is 6.43. The van der Waals surface area contributed by atoms with Gasteiger partial charge in [-0.15, -0.1) is 11.3 Å². The smallest absolute Gasteiger partial charge is 0.213 e. The molecule has 0 unspecified atom stereocenters. The lowest BCUT2D eigenvalue weighted by Crippen LogP contribution is -1.90. The summed E-state index contributed by atoms with van der Waals surface area (Å²) < 4.78 is 6.19. The van der Waals surface area contributed by atoms with Crippen LogP contribution in [-0.2, 0) is 0 Å². The minimum Gasteiger partial charge on any atom is -0.481 e. The van der Waals surface area contributed by atoms with Gasteiger partial charge in [0.05, 0.1) is 22.4 Å². The minimum atomic E-state index is 0.485. The Balaban J connectivity index is 2.03. The molecular formula is C19H11ClIN5OS. The van der Waals surface area contributed by atoms with Crippen molar-refractivity contribution in [2.24, 2.45) is 0 Å². The molecular weight excluding hydrogens is 509 g/mol. The van der Waals surface area contributed by atoms with Gasteiger partial charge in [-0.3, -0.25) is 5.10 Å². The molecule has 0 saturated carbocycles. The van der Waals surface area contributed by atoms with Crippen LogP contribution in [0.25, 0.3) is 32.3 Å². The SMILES string of the molecule is COc1cc(-c2sc(-c3ncn[nH]3)c(-c3ccc(Cl)cc3I)c2C#N)ccn1. The lowest BCUT2D eigenvalue weighted by Gasteiger charge is -2.07. The number of pyridine rings is 1. The first-order valence-electron chi connectivity index (χ1n) is 8.01. The molecule has 0 atom stereocenters. The lowest BCUT2D eigenvalue weighted by atomic mass is 9.98. The maximum Gasteiger partial charge on any atom is 0.213 e. The molecule has 0 fully saturated rings. The molecule has 0 aliphatic rings. The van der Waals surface area contributed by atoms with Crippen molar-refractivity contribution in [2.75, 3.05) is 7.11 Å². The fraction of sp³-hybridized carbons (Fsp3) is 0.0526. The number of thiophene rings is 1. The predicted molar refractivity (Wildman–Crippen MR) is 117 cm³/mol. The fourth-order valence-corrected chi connectivity index (χ4v) is 5.18. The summed E-state index contributed by atoms with van der Waals surface area (Å²) in [6.07, 6.45) is 3.11. The molecule has 3 aromatic heterocycles.